The van der Waals surface area contributed by atoms with Crippen LogP contribution in [-0.4, -0.2) is 17.1 Å². The van der Waals surface area contributed by atoms with Gasteiger partial charge in [0.2, 0.25) is 5.95 Å². The van der Waals surface area contributed by atoms with E-state index in [4.69, 9.17) is 16.3 Å². The molecule has 1 heterocycles. The Balaban J connectivity index is 1.91. The molecule has 2 aromatic carbocycles. The van der Waals surface area contributed by atoms with E-state index in [0.717, 1.165) is 11.3 Å². The lowest BCUT2D eigenvalue weighted by atomic mass is 10.1. The van der Waals surface area contributed by atoms with E-state index in [1.807, 2.05) is 12.1 Å². The molecule has 0 atom stereocenters. The van der Waals surface area contributed by atoms with Gasteiger partial charge in [0.1, 0.15) is 5.75 Å². The van der Waals surface area contributed by atoms with Crippen LogP contribution in [0.4, 0.5) is 17.3 Å². The minimum absolute atomic E-state index is 0.220. The zero-order valence-corrected chi connectivity index (χ0v) is 13.5. The predicted octanol–water partition coefficient (Wildman–Crippen LogP) is 4.95. The van der Waals surface area contributed by atoms with E-state index in [-0.39, 0.29) is 5.69 Å². The van der Waals surface area contributed by atoms with Crippen LogP contribution in [0, 0.1) is 4.91 Å². The number of nitrogens with one attached hydrogen (secondary N) is 1. The molecule has 0 aliphatic rings. The molecule has 6 nitrogen and oxygen atoms in total. The van der Waals surface area contributed by atoms with Crippen molar-refractivity contribution in [2.45, 2.75) is 0 Å². The van der Waals surface area contributed by atoms with Crippen LogP contribution in [0.3, 0.4) is 0 Å². The van der Waals surface area contributed by atoms with Crippen molar-refractivity contribution in [2.24, 2.45) is 5.18 Å². The second-order valence-corrected chi connectivity index (χ2v) is 5.32. The van der Waals surface area contributed by atoms with Gasteiger partial charge >= 0.3 is 0 Å². The lowest BCUT2D eigenvalue weighted by Gasteiger charge is -2.08. The number of anilines is 2. The third-order valence-electron chi connectivity index (χ3n) is 3.31. The number of hydrogen-bond donors (Lipinski definition) is 1. The van der Waals surface area contributed by atoms with Crippen LogP contribution in [0.5, 0.6) is 5.75 Å². The third kappa shape index (κ3) is 3.49. The SMILES string of the molecule is COc1ccc(-c2ccnc(Nc3cccc(Cl)c3)n2)cc1N=O. The number of nitrogens with zero attached hydrogens (tertiary/aromatic N) is 3. The minimum Gasteiger partial charge on any atom is -0.494 e. The van der Waals surface area contributed by atoms with Crippen molar-refractivity contribution in [3.8, 4) is 17.0 Å². The molecule has 0 bridgehead atoms. The van der Waals surface area contributed by atoms with Crippen molar-refractivity contribution in [1.82, 2.24) is 9.97 Å². The second-order valence-electron chi connectivity index (χ2n) is 4.88. The summed E-state index contributed by atoms with van der Waals surface area (Å²) >= 11 is 5.97. The fraction of sp³-hybridized carbons (Fsp3) is 0.0588. The number of hydrogen-bond acceptors (Lipinski definition) is 6. The molecule has 0 aliphatic heterocycles. The number of nitroso groups, excluding NO2 is 1. The van der Waals surface area contributed by atoms with Crippen LogP contribution >= 0.6 is 11.6 Å². The molecule has 0 unspecified atom stereocenters. The highest BCUT2D eigenvalue weighted by Gasteiger charge is 2.08. The van der Waals surface area contributed by atoms with E-state index < -0.39 is 0 Å². The van der Waals surface area contributed by atoms with Gasteiger partial charge in [0, 0.05) is 22.5 Å². The number of halogens is 1. The summed E-state index contributed by atoms with van der Waals surface area (Å²) in [4.78, 5) is 19.6. The summed E-state index contributed by atoms with van der Waals surface area (Å²) in [6.45, 7) is 0. The highest BCUT2D eigenvalue weighted by atomic mass is 35.5. The molecule has 0 amide bonds. The van der Waals surface area contributed by atoms with Crippen LogP contribution in [0.1, 0.15) is 0 Å². The van der Waals surface area contributed by atoms with Crippen molar-refractivity contribution in [2.75, 3.05) is 12.4 Å². The second kappa shape index (κ2) is 7.06. The van der Waals surface area contributed by atoms with E-state index in [2.05, 4.69) is 20.5 Å². The van der Waals surface area contributed by atoms with Gasteiger partial charge in [-0.25, -0.2) is 9.97 Å². The highest BCUT2D eigenvalue weighted by Crippen LogP contribution is 2.32. The smallest absolute Gasteiger partial charge is 0.227 e. The summed E-state index contributed by atoms with van der Waals surface area (Å²) in [5.41, 5.74) is 2.40. The minimum atomic E-state index is 0.220. The predicted molar refractivity (Wildman–Crippen MR) is 94.2 cm³/mol. The molecule has 0 spiro atoms. The Morgan fingerprint density at radius 2 is 2.04 bits per heavy atom. The van der Waals surface area contributed by atoms with E-state index in [9.17, 15) is 4.91 Å². The maximum atomic E-state index is 10.9. The first-order valence-corrected chi connectivity index (χ1v) is 7.45. The first-order chi connectivity index (χ1) is 11.7. The van der Waals surface area contributed by atoms with Gasteiger partial charge in [0.15, 0.2) is 5.69 Å². The Kier molecular flexibility index (Phi) is 4.67. The fourth-order valence-electron chi connectivity index (χ4n) is 2.20. The van der Waals surface area contributed by atoms with E-state index in [0.29, 0.717) is 22.4 Å². The summed E-state index contributed by atoms with van der Waals surface area (Å²) < 4.78 is 5.09. The van der Waals surface area contributed by atoms with Crippen molar-refractivity contribution in [1.29, 1.82) is 0 Å². The van der Waals surface area contributed by atoms with Crippen LogP contribution in [0.25, 0.3) is 11.3 Å². The van der Waals surface area contributed by atoms with Gasteiger partial charge in [-0.2, -0.15) is 0 Å². The van der Waals surface area contributed by atoms with E-state index in [1.165, 1.54) is 7.11 Å². The number of ether oxygens (including phenoxy) is 1. The average molecular weight is 341 g/mol. The van der Waals surface area contributed by atoms with Gasteiger partial charge in [0.25, 0.3) is 0 Å². The lowest BCUT2D eigenvalue weighted by molar-refractivity contribution is 0.416. The lowest BCUT2D eigenvalue weighted by Crippen LogP contribution is -1.97. The van der Waals surface area contributed by atoms with Gasteiger partial charge in [-0.3, -0.25) is 0 Å². The molecule has 1 aromatic heterocycles. The summed E-state index contributed by atoms with van der Waals surface area (Å²) in [7, 11) is 1.49. The van der Waals surface area contributed by atoms with Gasteiger partial charge in [-0.05, 0) is 47.6 Å². The molecular formula is C17H13ClN4O2. The zero-order valence-electron chi connectivity index (χ0n) is 12.7. The molecule has 3 rings (SSSR count). The number of rotatable bonds is 5. The number of methoxy groups -OCH3 is 1. The molecule has 7 heteroatoms. The van der Waals surface area contributed by atoms with Crippen molar-refractivity contribution in [3.05, 3.63) is 64.7 Å². The van der Waals surface area contributed by atoms with Crippen LogP contribution in [0.15, 0.2) is 59.9 Å². The van der Waals surface area contributed by atoms with E-state index >= 15 is 0 Å². The standard InChI is InChI=1S/C17H13ClN4O2/c1-24-16-6-5-11(9-15(16)22-23)14-7-8-19-17(21-14)20-13-4-2-3-12(18)10-13/h2-10H,1H3,(H,19,20,21). The summed E-state index contributed by atoms with van der Waals surface area (Å²) in [5, 5.41) is 6.69. The molecule has 0 radical (unpaired) electrons. The van der Waals surface area contributed by atoms with Crippen LogP contribution in [0.2, 0.25) is 5.02 Å². The molecule has 3 aromatic rings. The first-order valence-electron chi connectivity index (χ1n) is 7.07. The summed E-state index contributed by atoms with van der Waals surface area (Å²) in [6.07, 6.45) is 1.63. The van der Waals surface area contributed by atoms with Crippen molar-refractivity contribution >= 4 is 28.9 Å². The molecule has 0 saturated carbocycles. The van der Waals surface area contributed by atoms with Gasteiger partial charge in [0.05, 0.1) is 12.8 Å². The molecule has 120 valence electrons. The molecular weight excluding hydrogens is 328 g/mol. The van der Waals surface area contributed by atoms with Crippen molar-refractivity contribution < 1.29 is 4.74 Å². The van der Waals surface area contributed by atoms with Gasteiger partial charge < -0.3 is 10.1 Å². The van der Waals surface area contributed by atoms with E-state index in [1.54, 1.807) is 42.6 Å². The Labute approximate surface area is 143 Å². The molecule has 1 N–H and O–H groups in total. The maximum absolute atomic E-state index is 10.9. The number of benzene rings is 2. The third-order valence-corrected chi connectivity index (χ3v) is 3.54. The van der Waals surface area contributed by atoms with Crippen molar-refractivity contribution in [3.63, 3.8) is 0 Å². The molecule has 0 aliphatic carbocycles. The van der Waals surface area contributed by atoms with Crippen LogP contribution in [-0.2, 0) is 0 Å². The van der Waals surface area contributed by atoms with Crippen LogP contribution < -0.4 is 10.1 Å². The largest absolute Gasteiger partial charge is 0.494 e. The number of aromatic nitrogens is 2. The monoisotopic (exact) mass is 340 g/mol. The quantitative estimate of drug-likeness (QED) is 0.665. The Hall–Kier alpha value is -2.99. The van der Waals surface area contributed by atoms with Gasteiger partial charge in [-0.1, -0.05) is 17.7 Å². The van der Waals surface area contributed by atoms with Gasteiger partial charge in [-0.15, -0.1) is 4.91 Å². The highest BCUT2D eigenvalue weighted by molar-refractivity contribution is 6.30. The molecule has 0 saturated heterocycles. The summed E-state index contributed by atoms with van der Waals surface area (Å²) in [5.74, 6) is 0.839. The summed E-state index contributed by atoms with van der Waals surface area (Å²) in [6, 6.07) is 14.1. The normalized spacial score (nSPS) is 10.2. The topological polar surface area (TPSA) is 76.5 Å². The molecule has 0 fully saturated rings. The molecule has 24 heavy (non-hydrogen) atoms. The Bertz CT molecular complexity index is 886. The fourth-order valence-corrected chi connectivity index (χ4v) is 2.39. The maximum Gasteiger partial charge on any atom is 0.227 e. The first kappa shape index (κ1) is 15.9. The zero-order chi connectivity index (χ0) is 16.9. The Morgan fingerprint density at radius 3 is 2.79 bits per heavy atom. The Morgan fingerprint density at radius 1 is 1.17 bits per heavy atom. The average Bonchev–Trinajstić information content (AvgIpc) is 2.61.